The molecule has 0 saturated heterocycles. The topological polar surface area (TPSA) is 63.3 Å². The lowest BCUT2D eigenvalue weighted by Gasteiger charge is -2.26. The zero-order valence-corrected chi connectivity index (χ0v) is 7.12. The maximum atomic E-state index is 10.6. The van der Waals surface area contributed by atoms with Crippen molar-refractivity contribution < 1.29 is 9.90 Å². The van der Waals surface area contributed by atoms with Crippen molar-refractivity contribution in [2.45, 2.75) is 25.7 Å². The molecule has 2 rings (SSSR count). The lowest BCUT2D eigenvalue weighted by Crippen LogP contribution is -2.31. The maximum Gasteiger partial charge on any atom is 0.303 e. The molecular weight excluding hydrogens is 154 g/mol. The van der Waals surface area contributed by atoms with Gasteiger partial charge in [0.25, 0.3) is 0 Å². The van der Waals surface area contributed by atoms with Crippen LogP contribution in [0.15, 0.2) is 0 Å². The van der Waals surface area contributed by atoms with Crippen molar-refractivity contribution in [2.24, 2.45) is 23.0 Å². The van der Waals surface area contributed by atoms with E-state index in [-0.39, 0.29) is 11.8 Å². The Hall–Kier alpha value is -0.570. The van der Waals surface area contributed by atoms with Gasteiger partial charge in [-0.05, 0) is 43.1 Å². The molecule has 0 radical (unpaired) electrons. The quantitative estimate of drug-likeness (QED) is 0.658. The molecule has 2 saturated carbocycles. The van der Waals surface area contributed by atoms with Crippen molar-refractivity contribution in [3.8, 4) is 0 Å². The third kappa shape index (κ3) is 1.22. The molecule has 2 aliphatic rings. The van der Waals surface area contributed by atoms with Crippen LogP contribution in [0.1, 0.15) is 25.7 Å². The van der Waals surface area contributed by atoms with E-state index < -0.39 is 5.97 Å². The Balaban J connectivity index is 2.00. The molecule has 0 heterocycles. The molecule has 3 heteroatoms. The fourth-order valence-corrected chi connectivity index (χ4v) is 2.71. The Morgan fingerprint density at radius 1 is 1.50 bits per heavy atom. The molecule has 2 aliphatic carbocycles. The van der Waals surface area contributed by atoms with Crippen LogP contribution in [0, 0.1) is 17.3 Å². The lowest BCUT2D eigenvalue weighted by molar-refractivity contribution is -0.139. The predicted octanol–water partition coefficient (Wildman–Crippen LogP) is 0.836. The van der Waals surface area contributed by atoms with Gasteiger partial charge in [0, 0.05) is 0 Å². The van der Waals surface area contributed by atoms with E-state index in [2.05, 4.69) is 0 Å². The highest BCUT2D eigenvalue weighted by Crippen LogP contribution is 2.60. The molecule has 0 aliphatic heterocycles. The molecule has 3 nitrogen and oxygen atoms in total. The van der Waals surface area contributed by atoms with Gasteiger partial charge in [-0.3, -0.25) is 4.79 Å². The van der Waals surface area contributed by atoms with E-state index in [1.54, 1.807) is 0 Å². The summed E-state index contributed by atoms with van der Waals surface area (Å²) in [4.78, 5) is 10.6. The van der Waals surface area contributed by atoms with E-state index >= 15 is 0 Å². The molecule has 3 N–H and O–H groups in total. The summed E-state index contributed by atoms with van der Waals surface area (Å²) in [6.45, 7) is 0.548. The van der Waals surface area contributed by atoms with Crippen LogP contribution < -0.4 is 5.73 Å². The first kappa shape index (κ1) is 8.05. The molecule has 68 valence electrons. The first-order valence-corrected chi connectivity index (χ1v) is 4.57. The fraction of sp³-hybridized carbons (Fsp3) is 0.889. The SMILES string of the molecule is NCC1(CC(=O)O)CC2CC2C1. The van der Waals surface area contributed by atoms with Gasteiger partial charge in [0.1, 0.15) is 0 Å². The number of nitrogens with two attached hydrogens (primary N) is 1. The highest BCUT2D eigenvalue weighted by Gasteiger charge is 2.53. The number of carboxylic acids is 1. The number of carboxylic acid groups (broad SMARTS) is 1. The number of carbonyl (C=O) groups is 1. The van der Waals surface area contributed by atoms with E-state index in [0.29, 0.717) is 6.54 Å². The summed E-state index contributed by atoms with van der Waals surface area (Å²) in [5.74, 6) is 0.933. The standard InChI is InChI=1S/C9H15NO2/c10-5-9(4-8(11)12)2-6-1-7(6)3-9/h6-7H,1-5,10H2,(H,11,12). The predicted molar refractivity (Wildman–Crippen MR) is 44.6 cm³/mol. The van der Waals surface area contributed by atoms with Gasteiger partial charge in [-0.15, -0.1) is 0 Å². The summed E-state index contributed by atoms with van der Waals surface area (Å²) < 4.78 is 0. The summed E-state index contributed by atoms with van der Waals surface area (Å²) in [7, 11) is 0. The van der Waals surface area contributed by atoms with Crippen LogP contribution in [0.25, 0.3) is 0 Å². The average molecular weight is 169 g/mol. The smallest absolute Gasteiger partial charge is 0.303 e. The van der Waals surface area contributed by atoms with E-state index in [1.807, 2.05) is 0 Å². The molecule has 0 aromatic carbocycles. The van der Waals surface area contributed by atoms with E-state index in [0.717, 1.165) is 24.7 Å². The van der Waals surface area contributed by atoms with Gasteiger partial charge >= 0.3 is 5.97 Å². The monoisotopic (exact) mass is 169 g/mol. The van der Waals surface area contributed by atoms with Crippen molar-refractivity contribution in [1.82, 2.24) is 0 Å². The van der Waals surface area contributed by atoms with Gasteiger partial charge in [-0.2, -0.15) is 0 Å². The highest BCUT2D eigenvalue weighted by atomic mass is 16.4. The van der Waals surface area contributed by atoms with Crippen LogP contribution in [0.3, 0.4) is 0 Å². The average Bonchev–Trinajstić information content (AvgIpc) is 2.59. The molecular formula is C9H15NO2. The van der Waals surface area contributed by atoms with E-state index in [4.69, 9.17) is 10.8 Å². The van der Waals surface area contributed by atoms with E-state index in [1.165, 1.54) is 6.42 Å². The molecule has 2 fully saturated rings. The summed E-state index contributed by atoms with van der Waals surface area (Å²) in [5.41, 5.74) is 5.59. The molecule has 2 atom stereocenters. The van der Waals surface area contributed by atoms with Crippen LogP contribution in [0.2, 0.25) is 0 Å². The van der Waals surface area contributed by atoms with Gasteiger partial charge in [-0.25, -0.2) is 0 Å². The summed E-state index contributed by atoms with van der Waals surface area (Å²) in [6, 6.07) is 0. The zero-order chi connectivity index (χ0) is 8.77. The number of fused-ring (bicyclic) bond motifs is 1. The zero-order valence-electron chi connectivity index (χ0n) is 7.12. The van der Waals surface area contributed by atoms with Crippen molar-refractivity contribution in [1.29, 1.82) is 0 Å². The Morgan fingerprint density at radius 3 is 2.50 bits per heavy atom. The maximum absolute atomic E-state index is 10.6. The van der Waals surface area contributed by atoms with Crippen LogP contribution in [0.4, 0.5) is 0 Å². The van der Waals surface area contributed by atoms with Crippen LogP contribution >= 0.6 is 0 Å². The summed E-state index contributed by atoms with van der Waals surface area (Å²) >= 11 is 0. The number of hydrogen-bond acceptors (Lipinski definition) is 2. The third-order valence-electron chi connectivity index (χ3n) is 3.42. The van der Waals surface area contributed by atoms with Crippen molar-refractivity contribution in [2.75, 3.05) is 6.54 Å². The minimum Gasteiger partial charge on any atom is -0.481 e. The second-order valence-electron chi connectivity index (χ2n) is 4.44. The molecule has 12 heavy (non-hydrogen) atoms. The Labute approximate surface area is 71.9 Å². The minimum absolute atomic E-state index is 0.0422. The van der Waals surface area contributed by atoms with Gasteiger partial charge < -0.3 is 10.8 Å². The number of hydrogen-bond donors (Lipinski definition) is 2. The molecule has 0 bridgehead atoms. The molecule has 0 aromatic heterocycles. The number of rotatable bonds is 3. The highest BCUT2D eigenvalue weighted by molar-refractivity contribution is 5.67. The Morgan fingerprint density at radius 2 is 2.08 bits per heavy atom. The Kier molecular flexibility index (Phi) is 1.65. The molecule has 0 spiro atoms. The van der Waals surface area contributed by atoms with E-state index in [9.17, 15) is 4.79 Å². The van der Waals surface area contributed by atoms with Crippen molar-refractivity contribution in [3.63, 3.8) is 0 Å². The van der Waals surface area contributed by atoms with Crippen LogP contribution in [0.5, 0.6) is 0 Å². The number of aliphatic carboxylic acids is 1. The first-order valence-electron chi connectivity index (χ1n) is 4.57. The largest absolute Gasteiger partial charge is 0.481 e. The molecule has 0 amide bonds. The molecule has 2 unspecified atom stereocenters. The Bertz CT molecular complexity index is 205. The van der Waals surface area contributed by atoms with Gasteiger partial charge in [0.2, 0.25) is 0 Å². The van der Waals surface area contributed by atoms with Gasteiger partial charge in [0.05, 0.1) is 6.42 Å². The van der Waals surface area contributed by atoms with Crippen molar-refractivity contribution >= 4 is 5.97 Å². The normalized spacial score (nSPS) is 44.1. The van der Waals surface area contributed by atoms with Crippen molar-refractivity contribution in [3.05, 3.63) is 0 Å². The second-order valence-corrected chi connectivity index (χ2v) is 4.44. The summed E-state index contributed by atoms with van der Waals surface area (Å²) in [6.07, 6.45) is 3.71. The second kappa shape index (κ2) is 2.46. The van der Waals surface area contributed by atoms with Crippen LogP contribution in [-0.4, -0.2) is 17.6 Å². The lowest BCUT2D eigenvalue weighted by atomic mass is 9.80. The first-order chi connectivity index (χ1) is 5.65. The fourth-order valence-electron chi connectivity index (χ4n) is 2.71. The summed E-state index contributed by atoms with van der Waals surface area (Å²) in [5, 5.41) is 8.72. The van der Waals surface area contributed by atoms with Crippen LogP contribution in [-0.2, 0) is 4.79 Å². The van der Waals surface area contributed by atoms with Gasteiger partial charge in [-0.1, -0.05) is 0 Å². The molecule has 0 aromatic rings. The minimum atomic E-state index is -0.693. The van der Waals surface area contributed by atoms with Gasteiger partial charge in [0.15, 0.2) is 0 Å². The third-order valence-corrected chi connectivity index (χ3v) is 3.42.